The molecule has 176 valence electrons. The van der Waals surface area contributed by atoms with E-state index in [-0.39, 0.29) is 17.0 Å². The van der Waals surface area contributed by atoms with E-state index in [0.717, 1.165) is 11.1 Å². The number of fused-ring (bicyclic) bond motifs is 1. The summed E-state index contributed by atoms with van der Waals surface area (Å²) in [6, 6.07) is 7.64. The van der Waals surface area contributed by atoms with Gasteiger partial charge in [-0.05, 0) is 67.3 Å². The highest BCUT2D eigenvalue weighted by atomic mass is 19.4. The third-order valence-corrected chi connectivity index (χ3v) is 5.81. The Labute approximate surface area is 190 Å². The monoisotopic (exact) mass is 461 g/mol. The van der Waals surface area contributed by atoms with Gasteiger partial charge in [0.15, 0.2) is 0 Å². The minimum atomic E-state index is -4.90. The second-order valence-corrected chi connectivity index (χ2v) is 8.82. The van der Waals surface area contributed by atoms with Crippen LogP contribution in [0.3, 0.4) is 0 Å². The van der Waals surface area contributed by atoms with Crippen LogP contribution in [0.25, 0.3) is 17.2 Å². The lowest BCUT2D eigenvalue weighted by molar-refractivity contribution is -0.274. The number of ether oxygens (including phenoxy) is 1. The number of carbonyl (C=O) groups is 2. The number of anilines is 1. The molecule has 0 fully saturated rings. The topological polar surface area (TPSA) is 66.8 Å². The van der Waals surface area contributed by atoms with Gasteiger partial charge in [-0.25, -0.2) is 4.79 Å². The molecule has 2 aromatic rings. The van der Waals surface area contributed by atoms with E-state index in [1.165, 1.54) is 31.2 Å². The molecule has 0 saturated heterocycles. The number of hydrogen-bond acceptors (Lipinski definition) is 3. The van der Waals surface area contributed by atoms with Gasteiger partial charge in [-0.2, -0.15) is 0 Å². The molecule has 1 heterocycles. The molecule has 1 N–H and O–H groups in total. The second kappa shape index (κ2) is 8.57. The maximum absolute atomic E-state index is 13.1. The predicted molar refractivity (Wildman–Crippen MR) is 120 cm³/mol. The van der Waals surface area contributed by atoms with Crippen LogP contribution in [0.1, 0.15) is 50.8 Å². The van der Waals surface area contributed by atoms with Gasteiger partial charge in [0.25, 0.3) is 0 Å². The molecule has 5 nitrogen and oxygen atoms in total. The number of aryl methyl sites for hydroxylation is 1. The smallest absolute Gasteiger partial charge is 0.478 e. The number of alkyl halides is 3. The van der Waals surface area contributed by atoms with E-state index in [2.05, 4.69) is 4.74 Å². The SMILES string of the molecule is CCN1C(=O)CC(C)(C)c2cc(C)c(-c3cc(/C=C(\C)C(=O)O)ccc3OC(F)(F)F)cc21. The standard InChI is InChI=1S/C25H26F3NO4/c1-6-29-20-12-17(14(2)10-19(20)24(4,5)13-22(29)30)18-11-16(9-15(3)23(31)32)7-8-21(18)33-25(26,27)28/h7-12H,6,13H2,1-5H3,(H,31,32)/b15-9+. The van der Waals surface area contributed by atoms with Crippen molar-refractivity contribution in [2.24, 2.45) is 0 Å². The Morgan fingerprint density at radius 1 is 1.21 bits per heavy atom. The first-order valence-corrected chi connectivity index (χ1v) is 10.5. The highest BCUT2D eigenvalue weighted by Crippen LogP contribution is 2.45. The Balaban J connectivity index is 2.28. The Hall–Kier alpha value is -3.29. The van der Waals surface area contributed by atoms with Crippen LogP contribution in [0.2, 0.25) is 0 Å². The lowest BCUT2D eigenvalue weighted by Gasteiger charge is -2.39. The van der Waals surface area contributed by atoms with E-state index < -0.39 is 23.5 Å². The summed E-state index contributed by atoms with van der Waals surface area (Å²) in [6.07, 6.45) is -3.19. The van der Waals surface area contributed by atoms with Gasteiger partial charge in [-0.15, -0.1) is 13.2 Å². The van der Waals surface area contributed by atoms with E-state index in [9.17, 15) is 22.8 Å². The van der Waals surface area contributed by atoms with Crippen LogP contribution in [0.4, 0.5) is 18.9 Å². The van der Waals surface area contributed by atoms with Crippen molar-refractivity contribution in [2.75, 3.05) is 11.4 Å². The molecule has 0 radical (unpaired) electrons. The van der Waals surface area contributed by atoms with Crippen molar-refractivity contribution >= 4 is 23.6 Å². The van der Waals surface area contributed by atoms with Crippen LogP contribution in [0, 0.1) is 6.92 Å². The number of aliphatic carboxylic acids is 1. The maximum atomic E-state index is 13.1. The van der Waals surface area contributed by atoms with Crippen molar-refractivity contribution in [1.29, 1.82) is 0 Å². The molecule has 1 amide bonds. The van der Waals surface area contributed by atoms with Gasteiger partial charge in [-0.1, -0.05) is 26.0 Å². The molecule has 8 heteroatoms. The fourth-order valence-corrected chi connectivity index (χ4v) is 4.18. The first-order valence-electron chi connectivity index (χ1n) is 10.5. The summed E-state index contributed by atoms with van der Waals surface area (Å²) in [6.45, 7) is 9.40. The molecular weight excluding hydrogens is 435 g/mol. The summed E-state index contributed by atoms with van der Waals surface area (Å²) in [5.74, 6) is -1.58. The number of nitrogens with zero attached hydrogens (tertiary/aromatic N) is 1. The molecule has 0 aromatic heterocycles. The summed E-state index contributed by atoms with van der Waals surface area (Å²) in [5, 5.41) is 9.16. The van der Waals surface area contributed by atoms with E-state index in [1.807, 2.05) is 26.8 Å². The Morgan fingerprint density at radius 3 is 2.45 bits per heavy atom. The molecule has 3 rings (SSSR count). The largest absolute Gasteiger partial charge is 0.573 e. The number of carboxylic acids is 1. The van der Waals surface area contributed by atoms with E-state index in [1.54, 1.807) is 17.9 Å². The van der Waals surface area contributed by atoms with Gasteiger partial charge in [0.1, 0.15) is 5.75 Å². The summed E-state index contributed by atoms with van der Waals surface area (Å²) >= 11 is 0. The summed E-state index contributed by atoms with van der Waals surface area (Å²) < 4.78 is 43.7. The van der Waals surface area contributed by atoms with Gasteiger partial charge in [-0.3, -0.25) is 4.79 Å². The first-order chi connectivity index (χ1) is 15.2. The molecule has 0 saturated carbocycles. The number of amides is 1. The quantitative estimate of drug-likeness (QED) is 0.548. The molecule has 2 aromatic carbocycles. The van der Waals surface area contributed by atoms with Crippen LogP contribution in [-0.2, 0) is 15.0 Å². The van der Waals surface area contributed by atoms with Crippen molar-refractivity contribution in [3.05, 3.63) is 52.6 Å². The van der Waals surface area contributed by atoms with Crippen LogP contribution in [-0.4, -0.2) is 29.9 Å². The van der Waals surface area contributed by atoms with Gasteiger partial charge < -0.3 is 14.7 Å². The average molecular weight is 461 g/mol. The van der Waals surface area contributed by atoms with Crippen molar-refractivity contribution in [2.45, 2.75) is 52.8 Å². The van der Waals surface area contributed by atoms with E-state index in [4.69, 9.17) is 5.11 Å². The normalized spacial score (nSPS) is 15.9. The number of carbonyl (C=O) groups excluding carboxylic acids is 1. The zero-order chi connectivity index (χ0) is 24.7. The van der Waals surface area contributed by atoms with Gasteiger partial charge >= 0.3 is 12.3 Å². The molecule has 0 bridgehead atoms. The molecule has 0 unspecified atom stereocenters. The van der Waals surface area contributed by atoms with Gasteiger partial charge in [0.2, 0.25) is 5.91 Å². The minimum absolute atomic E-state index is 0.0390. The zero-order valence-corrected chi connectivity index (χ0v) is 19.1. The Morgan fingerprint density at radius 2 is 1.88 bits per heavy atom. The van der Waals surface area contributed by atoms with Gasteiger partial charge in [0.05, 0.1) is 0 Å². The summed E-state index contributed by atoms with van der Waals surface area (Å²) in [5.41, 5.74) is 2.98. The molecule has 0 spiro atoms. The number of halogens is 3. The van der Waals surface area contributed by atoms with Crippen LogP contribution >= 0.6 is 0 Å². The molecule has 0 aliphatic carbocycles. The molecule has 33 heavy (non-hydrogen) atoms. The summed E-state index contributed by atoms with van der Waals surface area (Å²) in [4.78, 5) is 25.6. The predicted octanol–water partition coefficient (Wildman–Crippen LogP) is 6.08. The number of carboxylic acid groups (broad SMARTS) is 1. The molecular formula is C25H26F3NO4. The fraction of sp³-hybridized carbons (Fsp3) is 0.360. The molecule has 0 atom stereocenters. The maximum Gasteiger partial charge on any atom is 0.573 e. The number of hydrogen-bond donors (Lipinski definition) is 1. The zero-order valence-electron chi connectivity index (χ0n) is 19.1. The van der Waals surface area contributed by atoms with Crippen molar-refractivity contribution in [3.8, 4) is 16.9 Å². The van der Waals surface area contributed by atoms with Crippen molar-refractivity contribution in [1.82, 2.24) is 0 Å². The molecule has 1 aliphatic rings. The average Bonchev–Trinajstić information content (AvgIpc) is 2.68. The van der Waals surface area contributed by atoms with E-state index >= 15 is 0 Å². The number of rotatable bonds is 5. The van der Waals surface area contributed by atoms with Crippen LogP contribution < -0.4 is 9.64 Å². The first kappa shape index (κ1) is 24.4. The lowest BCUT2D eigenvalue weighted by atomic mass is 9.75. The number of benzene rings is 2. The Bertz CT molecular complexity index is 1150. The van der Waals surface area contributed by atoms with Crippen molar-refractivity contribution in [3.63, 3.8) is 0 Å². The second-order valence-electron chi connectivity index (χ2n) is 8.82. The highest BCUT2D eigenvalue weighted by Gasteiger charge is 2.37. The lowest BCUT2D eigenvalue weighted by Crippen LogP contribution is -2.41. The van der Waals surface area contributed by atoms with E-state index in [0.29, 0.717) is 29.8 Å². The molecule has 1 aliphatic heterocycles. The fourth-order valence-electron chi connectivity index (χ4n) is 4.18. The van der Waals surface area contributed by atoms with Gasteiger partial charge in [0, 0.05) is 35.2 Å². The minimum Gasteiger partial charge on any atom is -0.478 e. The third kappa shape index (κ3) is 5.05. The van der Waals surface area contributed by atoms with Crippen LogP contribution in [0.5, 0.6) is 5.75 Å². The third-order valence-electron chi connectivity index (χ3n) is 5.81. The van der Waals surface area contributed by atoms with Crippen LogP contribution in [0.15, 0.2) is 35.9 Å². The summed E-state index contributed by atoms with van der Waals surface area (Å²) in [7, 11) is 0. The highest BCUT2D eigenvalue weighted by molar-refractivity contribution is 5.99. The Kier molecular flexibility index (Phi) is 6.33. The van der Waals surface area contributed by atoms with Crippen molar-refractivity contribution < 1.29 is 32.6 Å².